The van der Waals surface area contributed by atoms with Crippen molar-refractivity contribution in [1.82, 2.24) is 5.32 Å². The Labute approximate surface area is 177 Å². The lowest BCUT2D eigenvalue weighted by Gasteiger charge is -2.07. The molecule has 0 atom stereocenters. The molecule has 0 heterocycles. The van der Waals surface area contributed by atoms with Crippen LogP contribution in [0.2, 0.25) is 5.02 Å². The molecule has 3 nitrogen and oxygen atoms in total. The number of nitrogens with one attached hydrogen (secondary N) is 1. The second kappa shape index (κ2) is 17.8. The van der Waals surface area contributed by atoms with Gasteiger partial charge in [0, 0.05) is 11.6 Å². The van der Waals surface area contributed by atoms with Crippen LogP contribution in [-0.4, -0.2) is 19.1 Å². The van der Waals surface area contributed by atoms with Crippen LogP contribution >= 0.6 is 11.6 Å². The molecule has 0 radical (unpaired) electrons. The van der Waals surface area contributed by atoms with E-state index >= 15 is 0 Å². The van der Waals surface area contributed by atoms with Crippen LogP contribution in [0.15, 0.2) is 24.3 Å². The Balaban J connectivity index is 1.80. The SMILES string of the molecule is CCCCCCCCCCCCCCCCNC(=O)COc1ccc(Cl)cc1. The van der Waals surface area contributed by atoms with E-state index < -0.39 is 0 Å². The highest BCUT2D eigenvalue weighted by molar-refractivity contribution is 6.30. The van der Waals surface area contributed by atoms with Gasteiger partial charge in [-0.3, -0.25) is 4.79 Å². The summed E-state index contributed by atoms with van der Waals surface area (Å²) in [5.74, 6) is 0.598. The Morgan fingerprint density at radius 3 is 1.75 bits per heavy atom. The number of carbonyl (C=O) groups excluding carboxylic acids is 1. The smallest absolute Gasteiger partial charge is 0.257 e. The maximum absolute atomic E-state index is 11.8. The first kappa shape index (κ1) is 24.8. The number of benzene rings is 1. The third-order valence-corrected chi connectivity index (χ3v) is 5.29. The Morgan fingerprint density at radius 2 is 1.25 bits per heavy atom. The van der Waals surface area contributed by atoms with E-state index in [1.165, 1.54) is 83.5 Å². The molecule has 4 heteroatoms. The average molecular weight is 410 g/mol. The molecule has 28 heavy (non-hydrogen) atoms. The minimum atomic E-state index is -0.0651. The Morgan fingerprint density at radius 1 is 0.786 bits per heavy atom. The van der Waals surface area contributed by atoms with Gasteiger partial charge in [0.25, 0.3) is 5.91 Å². The van der Waals surface area contributed by atoms with Crippen molar-refractivity contribution in [2.75, 3.05) is 13.2 Å². The lowest BCUT2D eigenvalue weighted by atomic mass is 10.0. The highest BCUT2D eigenvalue weighted by atomic mass is 35.5. The van der Waals surface area contributed by atoms with Gasteiger partial charge in [-0.1, -0.05) is 102 Å². The molecule has 1 amide bonds. The summed E-state index contributed by atoms with van der Waals surface area (Å²) in [4.78, 5) is 11.8. The second-order valence-electron chi connectivity index (χ2n) is 7.69. The normalized spacial score (nSPS) is 10.8. The van der Waals surface area contributed by atoms with Crippen molar-refractivity contribution >= 4 is 17.5 Å². The fraction of sp³-hybridized carbons (Fsp3) is 0.708. The van der Waals surface area contributed by atoms with E-state index in [9.17, 15) is 4.79 Å². The summed E-state index contributed by atoms with van der Waals surface area (Å²) in [6.45, 7) is 3.07. The van der Waals surface area contributed by atoms with Crippen molar-refractivity contribution in [3.63, 3.8) is 0 Å². The first-order valence-corrected chi connectivity index (χ1v) is 11.7. The lowest BCUT2D eigenvalue weighted by Crippen LogP contribution is -2.29. The number of amides is 1. The van der Waals surface area contributed by atoms with Crippen LogP contribution < -0.4 is 10.1 Å². The van der Waals surface area contributed by atoms with Gasteiger partial charge in [-0.15, -0.1) is 0 Å². The molecule has 0 saturated carbocycles. The molecule has 0 aliphatic heterocycles. The number of rotatable bonds is 18. The molecule has 0 bridgehead atoms. The van der Waals surface area contributed by atoms with E-state index in [4.69, 9.17) is 16.3 Å². The summed E-state index contributed by atoms with van der Waals surface area (Å²) in [5.41, 5.74) is 0. The van der Waals surface area contributed by atoms with Crippen molar-refractivity contribution in [3.05, 3.63) is 29.3 Å². The van der Waals surface area contributed by atoms with Crippen LogP contribution in [0.5, 0.6) is 5.75 Å². The highest BCUT2D eigenvalue weighted by Gasteiger charge is 2.02. The summed E-state index contributed by atoms with van der Waals surface area (Å²) >= 11 is 5.82. The molecule has 1 aromatic rings. The standard InChI is InChI=1S/C24H40ClNO2/c1-2-3-4-5-6-7-8-9-10-11-12-13-14-15-20-26-24(27)21-28-23-18-16-22(25)17-19-23/h16-19H,2-15,20-21H2,1H3,(H,26,27). The zero-order chi connectivity index (χ0) is 20.3. The van der Waals surface area contributed by atoms with E-state index in [0.717, 1.165) is 13.0 Å². The fourth-order valence-electron chi connectivity index (χ4n) is 3.28. The van der Waals surface area contributed by atoms with Crippen LogP contribution in [0.25, 0.3) is 0 Å². The van der Waals surface area contributed by atoms with E-state index in [0.29, 0.717) is 10.8 Å². The second-order valence-corrected chi connectivity index (χ2v) is 8.13. The lowest BCUT2D eigenvalue weighted by molar-refractivity contribution is -0.123. The average Bonchev–Trinajstić information content (AvgIpc) is 2.70. The van der Waals surface area contributed by atoms with E-state index in [2.05, 4.69) is 12.2 Å². The molecule has 0 saturated heterocycles. The largest absolute Gasteiger partial charge is 0.484 e. The zero-order valence-corrected chi connectivity index (χ0v) is 18.6. The number of ether oxygens (including phenoxy) is 1. The number of carbonyl (C=O) groups is 1. The Hall–Kier alpha value is -1.22. The van der Waals surface area contributed by atoms with E-state index in [1.54, 1.807) is 24.3 Å². The van der Waals surface area contributed by atoms with Crippen LogP contribution in [0.4, 0.5) is 0 Å². The Kier molecular flexibility index (Phi) is 15.8. The van der Waals surface area contributed by atoms with Crippen molar-refractivity contribution in [1.29, 1.82) is 0 Å². The number of hydrogen-bond donors (Lipinski definition) is 1. The van der Waals surface area contributed by atoms with Gasteiger partial charge in [-0.2, -0.15) is 0 Å². The summed E-state index contributed by atoms with van der Waals surface area (Å²) in [6.07, 6.45) is 18.8. The topological polar surface area (TPSA) is 38.3 Å². The summed E-state index contributed by atoms with van der Waals surface area (Å²) < 4.78 is 5.43. The molecular formula is C24H40ClNO2. The van der Waals surface area contributed by atoms with Crippen LogP contribution in [0, 0.1) is 0 Å². The molecule has 160 valence electrons. The van der Waals surface area contributed by atoms with Gasteiger partial charge in [0.2, 0.25) is 0 Å². The van der Waals surface area contributed by atoms with Crippen molar-refractivity contribution < 1.29 is 9.53 Å². The summed E-state index contributed by atoms with van der Waals surface area (Å²) in [6, 6.07) is 7.04. The molecule has 0 unspecified atom stereocenters. The minimum Gasteiger partial charge on any atom is -0.484 e. The van der Waals surface area contributed by atoms with Crippen LogP contribution in [-0.2, 0) is 4.79 Å². The fourth-order valence-corrected chi connectivity index (χ4v) is 3.40. The third-order valence-electron chi connectivity index (χ3n) is 5.04. The van der Waals surface area contributed by atoms with Gasteiger partial charge in [-0.05, 0) is 30.7 Å². The first-order valence-electron chi connectivity index (χ1n) is 11.4. The molecule has 1 aromatic carbocycles. The zero-order valence-electron chi connectivity index (χ0n) is 17.8. The molecule has 0 spiro atoms. The van der Waals surface area contributed by atoms with Gasteiger partial charge in [0.05, 0.1) is 0 Å². The number of unbranched alkanes of at least 4 members (excludes halogenated alkanes) is 13. The maximum atomic E-state index is 11.8. The highest BCUT2D eigenvalue weighted by Crippen LogP contribution is 2.15. The molecule has 0 aliphatic carbocycles. The minimum absolute atomic E-state index is 0.0558. The molecule has 1 rings (SSSR count). The van der Waals surface area contributed by atoms with Crippen LogP contribution in [0.1, 0.15) is 96.8 Å². The predicted octanol–water partition coefficient (Wildman–Crippen LogP) is 7.32. The van der Waals surface area contributed by atoms with Gasteiger partial charge < -0.3 is 10.1 Å². The number of halogens is 1. The number of hydrogen-bond acceptors (Lipinski definition) is 2. The Bertz CT molecular complexity index is 490. The molecule has 0 aliphatic rings. The van der Waals surface area contributed by atoms with Crippen molar-refractivity contribution in [3.8, 4) is 5.75 Å². The predicted molar refractivity (Wildman–Crippen MR) is 120 cm³/mol. The maximum Gasteiger partial charge on any atom is 0.257 e. The monoisotopic (exact) mass is 409 g/mol. The summed E-state index contributed by atoms with van der Waals surface area (Å²) in [5, 5.41) is 3.58. The quantitative estimate of drug-likeness (QED) is 0.258. The van der Waals surface area contributed by atoms with E-state index in [-0.39, 0.29) is 12.5 Å². The summed E-state index contributed by atoms with van der Waals surface area (Å²) in [7, 11) is 0. The van der Waals surface area contributed by atoms with Gasteiger partial charge in [0.15, 0.2) is 6.61 Å². The molecular weight excluding hydrogens is 370 g/mol. The van der Waals surface area contributed by atoms with Gasteiger partial charge in [-0.25, -0.2) is 0 Å². The van der Waals surface area contributed by atoms with Crippen LogP contribution in [0.3, 0.4) is 0 Å². The molecule has 1 N–H and O–H groups in total. The first-order chi connectivity index (χ1) is 13.7. The third kappa shape index (κ3) is 14.8. The van der Waals surface area contributed by atoms with Gasteiger partial charge >= 0.3 is 0 Å². The van der Waals surface area contributed by atoms with Crippen molar-refractivity contribution in [2.45, 2.75) is 96.8 Å². The van der Waals surface area contributed by atoms with Crippen molar-refractivity contribution in [2.24, 2.45) is 0 Å². The van der Waals surface area contributed by atoms with E-state index in [1.807, 2.05) is 0 Å². The van der Waals surface area contributed by atoms with Gasteiger partial charge in [0.1, 0.15) is 5.75 Å². The molecule has 0 aromatic heterocycles. The molecule has 0 fully saturated rings.